The van der Waals surface area contributed by atoms with Gasteiger partial charge in [-0.25, -0.2) is 23.1 Å². The number of nitrogen functional groups attached to an aromatic ring is 1. The van der Waals surface area contributed by atoms with Gasteiger partial charge in [-0.15, -0.1) is 0 Å². The summed E-state index contributed by atoms with van der Waals surface area (Å²) in [5.41, 5.74) is 7.46. The smallest absolute Gasteiger partial charge is 0.266 e. The zero-order chi connectivity index (χ0) is 15.8. The highest BCUT2D eigenvalue weighted by atomic mass is 79.9. The standard InChI is InChI=1S/C12H12Br2N4O2S/c1-6-3-7(2)17-12(16-6)18-21(19,20)11-9(13)4-8(15)5-10(11)14/h3-5H,15H2,1-2H3,(H,16,17,18). The lowest BCUT2D eigenvalue weighted by Gasteiger charge is -2.11. The number of nitrogens with zero attached hydrogens (tertiary/aromatic N) is 2. The number of hydrogen-bond donors (Lipinski definition) is 2. The van der Waals surface area contributed by atoms with E-state index in [-0.39, 0.29) is 10.8 Å². The van der Waals surface area contributed by atoms with Crippen molar-refractivity contribution in [1.82, 2.24) is 9.97 Å². The summed E-state index contributed by atoms with van der Waals surface area (Å²) >= 11 is 6.41. The Kier molecular flexibility index (Phi) is 4.54. The number of nitrogens with two attached hydrogens (primary N) is 1. The van der Waals surface area contributed by atoms with Crippen LogP contribution in [0.25, 0.3) is 0 Å². The molecule has 0 aliphatic carbocycles. The van der Waals surface area contributed by atoms with E-state index in [2.05, 4.69) is 46.5 Å². The molecule has 0 radical (unpaired) electrons. The fourth-order valence-corrected chi connectivity index (χ4v) is 5.34. The van der Waals surface area contributed by atoms with Gasteiger partial charge in [-0.3, -0.25) is 0 Å². The Balaban J connectivity index is 2.48. The van der Waals surface area contributed by atoms with E-state index < -0.39 is 10.0 Å². The Morgan fingerprint density at radius 3 is 2.00 bits per heavy atom. The molecule has 6 nitrogen and oxygen atoms in total. The van der Waals surface area contributed by atoms with Crippen LogP contribution < -0.4 is 10.5 Å². The second kappa shape index (κ2) is 5.90. The van der Waals surface area contributed by atoms with E-state index in [1.807, 2.05) is 0 Å². The second-order valence-electron chi connectivity index (χ2n) is 4.39. The molecule has 1 heterocycles. The van der Waals surface area contributed by atoms with E-state index in [4.69, 9.17) is 5.73 Å². The van der Waals surface area contributed by atoms with Crippen LogP contribution in [0.2, 0.25) is 0 Å². The molecule has 3 N–H and O–H groups in total. The summed E-state index contributed by atoms with van der Waals surface area (Å²) in [5.74, 6) is 0.0307. The van der Waals surface area contributed by atoms with Crippen molar-refractivity contribution in [3.05, 3.63) is 38.5 Å². The summed E-state index contributed by atoms with van der Waals surface area (Å²) in [6.07, 6.45) is 0. The van der Waals surface area contributed by atoms with Crippen LogP contribution in [0.3, 0.4) is 0 Å². The molecule has 0 saturated heterocycles. The number of benzene rings is 1. The molecule has 0 fully saturated rings. The average molecular weight is 436 g/mol. The predicted octanol–water partition coefficient (Wildman–Crippen LogP) is 3.00. The minimum absolute atomic E-state index is 0.0307. The number of aryl methyl sites for hydroxylation is 2. The Labute approximate surface area is 139 Å². The van der Waals surface area contributed by atoms with Crippen molar-refractivity contribution in [3.63, 3.8) is 0 Å². The van der Waals surface area contributed by atoms with Crippen LogP contribution in [0.15, 0.2) is 32.0 Å². The van der Waals surface area contributed by atoms with E-state index in [0.717, 1.165) is 0 Å². The van der Waals surface area contributed by atoms with Gasteiger partial charge in [0.2, 0.25) is 5.95 Å². The Bertz CT molecular complexity index is 766. The molecule has 2 aromatic rings. The molecule has 0 spiro atoms. The lowest BCUT2D eigenvalue weighted by atomic mass is 10.3. The van der Waals surface area contributed by atoms with Crippen LogP contribution in [0, 0.1) is 13.8 Å². The van der Waals surface area contributed by atoms with Crippen molar-refractivity contribution >= 4 is 53.5 Å². The number of sulfonamides is 1. The largest absolute Gasteiger partial charge is 0.399 e. The van der Waals surface area contributed by atoms with Gasteiger partial charge >= 0.3 is 0 Å². The van der Waals surface area contributed by atoms with Gasteiger partial charge in [-0.2, -0.15) is 0 Å². The second-order valence-corrected chi connectivity index (χ2v) is 7.72. The summed E-state index contributed by atoms with van der Waals surface area (Å²) < 4.78 is 28.0. The first-order valence-corrected chi connectivity index (χ1v) is 8.85. The molecule has 1 aromatic heterocycles. The topological polar surface area (TPSA) is 98.0 Å². The quantitative estimate of drug-likeness (QED) is 0.722. The SMILES string of the molecule is Cc1cc(C)nc(NS(=O)(=O)c2c(Br)cc(N)cc2Br)n1. The van der Waals surface area contributed by atoms with Crippen LogP contribution in [-0.4, -0.2) is 18.4 Å². The monoisotopic (exact) mass is 434 g/mol. The Morgan fingerprint density at radius 2 is 1.52 bits per heavy atom. The highest BCUT2D eigenvalue weighted by Gasteiger charge is 2.23. The molecule has 0 unspecified atom stereocenters. The fraction of sp³-hybridized carbons (Fsp3) is 0.167. The molecule has 2 rings (SSSR count). The van der Waals surface area contributed by atoms with Crippen LogP contribution in [0.4, 0.5) is 11.6 Å². The zero-order valence-electron chi connectivity index (χ0n) is 11.2. The maximum Gasteiger partial charge on any atom is 0.266 e. The molecule has 21 heavy (non-hydrogen) atoms. The van der Waals surface area contributed by atoms with Crippen molar-refractivity contribution in [2.45, 2.75) is 18.7 Å². The van der Waals surface area contributed by atoms with Crippen molar-refractivity contribution in [1.29, 1.82) is 0 Å². The number of anilines is 2. The van der Waals surface area contributed by atoms with Gasteiger partial charge in [0.15, 0.2) is 0 Å². The Morgan fingerprint density at radius 1 is 1.05 bits per heavy atom. The third-order valence-corrected chi connectivity index (χ3v) is 5.70. The molecular formula is C12H12Br2N4O2S. The third kappa shape index (κ3) is 3.72. The summed E-state index contributed by atoms with van der Waals surface area (Å²) in [7, 11) is -3.85. The van der Waals surface area contributed by atoms with E-state index in [1.165, 1.54) is 12.1 Å². The van der Waals surface area contributed by atoms with Crippen molar-refractivity contribution < 1.29 is 8.42 Å². The van der Waals surface area contributed by atoms with Crippen molar-refractivity contribution in [3.8, 4) is 0 Å². The van der Waals surface area contributed by atoms with Gasteiger partial charge in [0.1, 0.15) is 4.90 Å². The zero-order valence-corrected chi connectivity index (χ0v) is 15.2. The highest BCUT2D eigenvalue weighted by molar-refractivity contribution is 9.11. The molecule has 0 bridgehead atoms. The van der Waals surface area contributed by atoms with Crippen LogP contribution in [0.1, 0.15) is 11.4 Å². The van der Waals surface area contributed by atoms with E-state index in [9.17, 15) is 8.42 Å². The average Bonchev–Trinajstić information content (AvgIpc) is 2.23. The molecule has 0 saturated carbocycles. The first-order valence-electron chi connectivity index (χ1n) is 5.78. The van der Waals surface area contributed by atoms with E-state index in [0.29, 0.717) is 26.0 Å². The van der Waals surface area contributed by atoms with Crippen LogP contribution >= 0.6 is 31.9 Å². The number of aromatic nitrogens is 2. The summed E-state index contributed by atoms with van der Waals surface area (Å²) in [4.78, 5) is 8.17. The first kappa shape index (κ1) is 16.2. The molecule has 9 heteroatoms. The Hall–Kier alpha value is -1.19. The maximum atomic E-state index is 12.5. The molecule has 0 atom stereocenters. The van der Waals surface area contributed by atoms with Gasteiger partial charge in [-0.05, 0) is 63.9 Å². The molecule has 0 aliphatic heterocycles. The van der Waals surface area contributed by atoms with Gasteiger partial charge < -0.3 is 5.73 Å². The van der Waals surface area contributed by atoms with Crippen molar-refractivity contribution in [2.24, 2.45) is 0 Å². The number of nitrogens with one attached hydrogen (secondary N) is 1. The summed E-state index contributed by atoms with van der Waals surface area (Å²) in [5, 5.41) is 0. The minimum Gasteiger partial charge on any atom is -0.399 e. The van der Waals surface area contributed by atoms with Gasteiger partial charge in [-0.1, -0.05) is 0 Å². The van der Waals surface area contributed by atoms with Gasteiger partial charge in [0.05, 0.1) is 0 Å². The molecule has 1 aromatic carbocycles. The number of rotatable bonds is 3. The van der Waals surface area contributed by atoms with Gasteiger partial charge in [0.25, 0.3) is 10.0 Å². The summed E-state index contributed by atoms with van der Waals surface area (Å²) in [6, 6.07) is 4.79. The predicted molar refractivity (Wildman–Crippen MR) is 88.6 cm³/mol. The van der Waals surface area contributed by atoms with E-state index >= 15 is 0 Å². The highest BCUT2D eigenvalue weighted by Crippen LogP contribution is 2.33. The number of halogens is 2. The van der Waals surface area contributed by atoms with Gasteiger partial charge in [0, 0.05) is 26.0 Å². The van der Waals surface area contributed by atoms with E-state index in [1.54, 1.807) is 19.9 Å². The molecular weight excluding hydrogens is 424 g/mol. The first-order chi connectivity index (χ1) is 9.69. The summed E-state index contributed by atoms with van der Waals surface area (Å²) in [6.45, 7) is 3.53. The minimum atomic E-state index is -3.85. The molecule has 0 aliphatic rings. The van der Waals surface area contributed by atoms with Crippen LogP contribution in [-0.2, 0) is 10.0 Å². The number of hydrogen-bond acceptors (Lipinski definition) is 5. The van der Waals surface area contributed by atoms with Crippen molar-refractivity contribution in [2.75, 3.05) is 10.5 Å². The lowest BCUT2D eigenvalue weighted by molar-refractivity contribution is 0.600. The maximum absolute atomic E-state index is 12.5. The fourth-order valence-electron chi connectivity index (χ4n) is 1.78. The normalized spacial score (nSPS) is 11.4. The lowest BCUT2D eigenvalue weighted by Crippen LogP contribution is -2.17. The third-order valence-electron chi connectivity index (χ3n) is 2.50. The molecule has 0 amide bonds. The molecule has 112 valence electrons. The van der Waals surface area contributed by atoms with Crippen LogP contribution in [0.5, 0.6) is 0 Å².